The molecule has 2 aliphatic rings. The van der Waals surface area contributed by atoms with E-state index in [0.717, 1.165) is 30.6 Å². The molecule has 1 saturated carbocycles. The summed E-state index contributed by atoms with van der Waals surface area (Å²) in [5, 5.41) is 16.2. The average Bonchev–Trinajstić information content (AvgIpc) is 3.72. The van der Waals surface area contributed by atoms with Gasteiger partial charge in [-0.25, -0.2) is 4.79 Å². The third-order valence-corrected chi connectivity index (χ3v) is 9.31. The Balaban J connectivity index is 1.19. The van der Waals surface area contributed by atoms with Crippen molar-refractivity contribution in [2.24, 2.45) is 22.6 Å². The molecular weight excluding hydrogens is 594 g/mol. The molecule has 1 aliphatic carbocycles. The highest BCUT2D eigenvalue weighted by Gasteiger charge is 2.42. The number of likely N-dealkylation sites (tertiary alicyclic amines) is 1. The molecule has 1 aliphatic heterocycles. The topological polar surface area (TPSA) is 163 Å². The molecule has 0 spiro atoms. The van der Waals surface area contributed by atoms with E-state index >= 15 is 0 Å². The van der Waals surface area contributed by atoms with Crippen LogP contribution in [0.5, 0.6) is 11.5 Å². The Labute approximate surface area is 265 Å². The Morgan fingerprint density at radius 3 is 2.36 bits per heavy atom. The first-order valence-corrected chi connectivity index (χ1v) is 16.0. The smallest absolute Gasteiger partial charge is 0.433 e. The number of carbonyl (C=O) groups is 4. The number of amides is 4. The van der Waals surface area contributed by atoms with E-state index in [9.17, 15) is 19.2 Å². The molecule has 11 nitrogen and oxygen atoms in total. The van der Waals surface area contributed by atoms with Gasteiger partial charge in [0.05, 0.1) is 13.1 Å². The number of nitrogens with two attached hydrogens (primary N) is 1. The fourth-order valence-corrected chi connectivity index (χ4v) is 6.88. The van der Waals surface area contributed by atoms with Crippen molar-refractivity contribution in [3.63, 3.8) is 0 Å². The van der Waals surface area contributed by atoms with Gasteiger partial charge in [-0.05, 0) is 60.7 Å². The van der Waals surface area contributed by atoms with Gasteiger partial charge in [-0.2, -0.15) is 4.99 Å². The van der Waals surface area contributed by atoms with Crippen LogP contribution in [0.3, 0.4) is 0 Å². The number of thiophene rings is 1. The summed E-state index contributed by atoms with van der Waals surface area (Å²) in [4.78, 5) is 56.3. The minimum absolute atomic E-state index is 0.113. The fraction of sp³-hybridized carbons (Fsp3) is 0.364. The number of ether oxygens (including phenoxy) is 1. The van der Waals surface area contributed by atoms with Crippen molar-refractivity contribution >= 4 is 41.0 Å². The molecule has 5 N–H and O–H groups in total. The Morgan fingerprint density at radius 2 is 1.64 bits per heavy atom. The number of para-hydroxylation sites is 1. The molecule has 2 aromatic carbocycles. The van der Waals surface area contributed by atoms with E-state index in [1.165, 1.54) is 17.8 Å². The van der Waals surface area contributed by atoms with E-state index < -0.39 is 18.0 Å². The van der Waals surface area contributed by atoms with Crippen molar-refractivity contribution in [2.75, 3.05) is 13.1 Å². The highest BCUT2D eigenvalue weighted by atomic mass is 32.1. The van der Waals surface area contributed by atoms with Crippen molar-refractivity contribution in [3.8, 4) is 11.5 Å². The Kier molecular flexibility index (Phi) is 10.5. The molecule has 3 aromatic rings. The first kappa shape index (κ1) is 31.7. The summed E-state index contributed by atoms with van der Waals surface area (Å²) in [6, 6.07) is 17.0. The van der Waals surface area contributed by atoms with Crippen LogP contribution < -0.4 is 21.1 Å². The summed E-state index contributed by atoms with van der Waals surface area (Å²) in [6.45, 7) is 0.463. The SMILES string of the molecule is NC(=NC(=O)O)c1csc(CNC(=O)[C@@H]2C[C@H](C3CCCCC3)CN2C(=O)CNC(=O)c2ccc(Oc3ccccc3)cc2)c1. The van der Waals surface area contributed by atoms with Gasteiger partial charge in [-0.1, -0.05) is 50.3 Å². The van der Waals surface area contributed by atoms with E-state index in [1.54, 1.807) is 40.6 Å². The molecule has 4 amide bonds. The summed E-state index contributed by atoms with van der Waals surface area (Å²) in [7, 11) is 0. The minimum Gasteiger partial charge on any atom is -0.463 e. The number of aliphatic imine (C=N–C) groups is 1. The average molecular weight is 632 g/mol. The number of nitrogens with one attached hydrogen (secondary N) is 2. The number of amidine groups is 1. The molecule has 5 rings (SSSR count). The van der Waals surface area contributed by atoms with Gasteiger partial charge in [0.2, 0.25) is 11.8 Å². The number of hydrogen-bond acceptors (Lipinski definition) is 6. The summed E-state index contributed by atoms with van der Waals surface area (Å²) in [5.41, 5.74) is 6.59. The quantitative estimate of drug-likeness (QED) is 0.185. The second-order valence-electron chi connectivity index (χ2n) is 11.4. The molecule has 45 heavy (non-hydrogen) atoms. The fourth-order valence-electron chi connectivity index (χ4n) is 6.07. The third kappa shape index (κ3) is 8.48. The maximum Gasteiger partial charge on any atom is 0.433 e. The normalized spacial score (nSPS) is 18.8. The van der Waals surface area contributed by atoms with Crippen LogP contribution in [-0.4, -0.2) is 58.8 Å². The molecule has 2 fully saturated rings. The molecule has 12 heteroatoms. The van der Waals surface area contributed by atoms with Crippen molar-refractivity contribution in [3.05, 3.63) is 82.0 Å². The standard InChI is InChI=1S/C33H37N5O6S/c34-30(37-33(42)43)24-15-27(45-20-24)17-35-32(41)28-16-23(21-7-3-1-4-8-21)19-38(28)29(39)18-36-31(40)22-11-13-26(14-12-22)44-25-9-5-2-6-10-25/h2,5-6,9-15,20-21,23,28H,1,3-4,7-8,16-19H2,(H2,34,37)(H,35,41)(H,36,40)(H,42,43)/t23-,28-/m0/s1. The zero-order valence-electron chi connectivity index (χ0n) is 24.8. The van der Waals surface area contributed by atoms with Crippen molar-refractivity contribution in [2.45, 2.75) is 51.1 Å². The van der Waals surface area contributed by atoms with Gasteiger partial charge in [-0.3, -0.25) is 14.4 Å². The van der Waals surface area contributed by atoms with E-state index in [-0.39, 0.29) is 36.7 Å². The number of nitrogens with zero attached hydrogens (tertiary/aromatic N) is 2. The monoisotopic (exact) mass is 631 g/mol. The Hall–Kier alpha value is -4.71. The second-order valence-corrected chi connectivity index (χ2v) is 12.4. The molecule has 1 aromatic heterocycles. The highest BCUT2D eigenvalue weighted by Crippen LogP contribution is 2.37. The summed E-state index contributed by atoms with van der Waals surface area (Å²) >= 11 is 1.33. The lowest BCUT2D eigenvalue weighted by atomic mass is 9.79. The maximum absolute atomic E-state index is 13.5. The lowest BCUT2D eigenvalue weighted by Crippen LogP contribution is -2.48. The number of carboxylic acid groups (broad SMARTS) is 1. The largest absolute Gasteiger partial charge is 0.463 e. The zero-order chi connectivity index (χ0) is 31.8. The van der Waals surface area contributed by atoms with E-state index in [2.05, 4.69) is 15.6 Å². The van der Waals surface area contributed by atoms with Gasteiger partial charge >= 0.3 is 6.09 Å². The first-order valence-electron chi connectivity index (χ1n) is 15.1. The van der Waals surface area contributed by atoms with E-state index in [0.29, 0.717) is 41.5 Å². The number of benzene rings is 2. The van der Waals surface area contributed by atoms with Crippen LogP contribution >= 0.6 is 11.3 Å². The lowest BCUT2D eigenvalue weighted by Gasteiger charge is -2.27. The molecule has 2 heterocycles. The van der Waals surface area contributed by atoms with Crippen LogP contribution in [-0.2, 0) is 16.1 Å². The van der Waals surface area contributed by atoms with Crippen molar-refractivity contribution in [1.82, 2.24) is 15.5 Å². The van der Waals surface area contributed by atoms with Gasteiger partial charge in [-0.15, -0.1) is 11.3 Å². The van der Waals surface area contributed by atoms with Gasteiger partial charge in [0, 0.05) is 27.9 Å². The summed E-state index contributed by atoms with van der Waals surface area (Å²) in [6.07, 6.45) is 4.92. The summed E-state index contributed by atoms with van der Waals surface area (Å²) in [5.74, 6) is 0.893. The van der Waals surface area contributed by atoms with Crippen LogP contribution in [0, 0.1) is 11.8 Å². The third-order valence-electron chi connectivity index (χ3n) is 8.37. The molecule has 2 atom stereocenters. The minimum atomic E-state index is -1.38. The lowest BCUT2D eigenvalue weighted by molar-refractivity contribution is -0.137. The van der Waals surface area contributed by atoms with Gasteiger partial charge in [0.15, 0.2) is 0 Å². The Bertz CT molecular complexity index is 1530. The van der Waals surface area contributed by atoms with E-state index in [4.69, 9.17) is 15.6 Å². The Morgan fingerprint density at radius 1 is 0.933 bits per heavy atom. The van der Waals surface area contributed by atoms with Crippen LogP contribution in [0.1, 0.15) is 59.3 Å². The first-order chi connectivity index (χ1) is 21.8. The number of hydrogen-bond donors (Lipinski definition) is 4. The van der Waals surface area contributed by atoms with Crippen molar-refractivity contribution < 1.29 is 29.0 Å². The van der Waals surface area contributed by atoms with Crippen LogP contribution in [0.15, 0.2) is 71.0 Å². The maximum atomic E-state index is 13.5. The molecule has 236 valence electrons. The van der Waals surface area contributed by atoms with Gasteiger partial charge in [0.25, 0.3) is 5.91 Å². The second kappa shape index (κ2) is 14.8. The van der Waals surface area contributed by atoms with E-state index in [1.807, 2.05) is 30.3 Å². The highest BCUT2D eigenvalue weighted by molar-refractivity contribution is 7.10. The molecule has 0 unspecified atom stereocenters. The number of carbonyl (C=O) groups excluding carboxylic acids is 3. The molecule has 1 saturated heterocycles. The zero-order valence-corrected chi connectivity index (χ0v) is 25.6. The van der Waals surface area contributed by atoms with Crippen molar-refractivity contribution in [1.29, 1.82) is 0 Å². The molecule has 0 radical (unpaired) electrons. The van der Waals surface area contributed by atoms with Crippen LogP contribution in [0.2, 0.25) is 0 Å². The predicted molar refractivity (Wildman–Crippen MR) is 170 cm³/mol. The molecule has 0 bridgehead atoms. The predicted octanol–water partition coefficient (Wildman–Crippen LogP) is 4.77. The molecular formula is C33H37N5O6S. The number of rotatable bonds is 10. The van der Waals surface area contributed by atoms with Crippen LogP contribution in [0.4, 0.5) is 4.79 Å². The van der Waals surface area contributed by atoms with Crippen LogP contribution in [0.25, 0.3) is 0 Å². The van der Waals surface area contributed by atoms with Gasteiger partial charge < -0.3 is 31.1 Å². The van der Waals surface area contributed by atoms with Gasteiger partial charge in [0.1, 0.15) is 23.4 Å². The summed E-state index contributed by atoms with van der Waals surface area (Å²) < 4.78 is 5.78.